The second-order valence-corrected chi connectivity index (χ2v) is 7.43. The molecule has 2 aromatic heterocycles. The van der Waals surface area contributed by atoms with Gasteiger partial charge in [-0.25, -0.2) is 4.98 Å². The van der Waals surface area contributed by atoms with Gasteiger partial charge in [0.15, 0.2) is 16.3 Å². The van der Waals surface area contributed by atoms with Crippen molar-refractivity contribution < 1.29 is 9.47 Å². The van der Waals surface area contributed by atoms with E-state index in [0.29, 0.717) is 34.5 Å². The first-order valence-electron chi connectivity index (χ1n) is 8.52. The van der Waals surface area contributed by atoms with Gasteiger partial charge in [0, 0.05) is 48.8 Å². The molecule has 3 aromatic rings. The highest BCUT2D eigenvalue weighted by atomic mass is 35.5. The number of H-pyrrole nitrogens is 2. The number of pyridine rings is 1. The fraction of sp³-hybridized carbons (Fsp3) is 0.278. The van der Waals surface area contributed by atoms with Crippen LogP contribution in [0.15, 0.2) is 23.0 Å². The second-order valence-electron chi connectivity index (χ2n) is 6.66. The van der Waals surface area contributed by atoms with Gasteiger partial charge in [-0.3, -0.25) is 14.7 Å². The topological polar surface area (TPSA) is 83.2 Å². The molecule has 2 aliphatic heterocycles. The second kappa shape index (κ2) is 6.33. The Morgan fingerprint density at radius 1 is 1.22 bits per heavy atom. The summed E-state index contributed by atoms with van der Waals surface area (Å²) in [6.07, 6.45) is 0.736. The highest BCUT2D eigenvalue weighted by Crippen LogP contribution is 2.36. The van der Waals surface area contributed by atoms with Crippen molar-refractivity contribution in [3.8, 4) is 11.5 Å². The van der Waals surface area contributed by atoms with Crippen LogP contribution in [0.25, 0.3) is 10.9 Å². The minimum Gasteiger partial charge on any atom is -0.454 e. The number of aromatic nitrogens is 3. The first-order valence-corrected chi connectivity index (χ1v) is 9.31. The summed E-state index contributed by atoms with van der Waals surface area (Å²) in [6.45, 7) is 2.16. The van der Waals surface area contributed by atoms with Crippen LogP contribution in [-0.4, -0.2) is 33.2 Å². The molecule has 9 heteroatoms. The maximum atomic E-state index is 12.2. The van der Waals surface area contributed by atoms with E-state index in [1.165, 1.54) is 0 Å². The standard InChI is InChI=1S/C18H15ClN4O3S/c19-16-10(3-9-4-14-15(26-8-25-14)5-13(9)20-16)6-23-2-1-12-11(7-23)17(24)22-18(27)21-12/h3-5H,1-2,6-8H2,(H2,21,22,24,27). The van der Waals surface area contributed by atoms with E-state index in [4.69, 9.17) is 33.3 Å². The van der Waals surface area contributed by atoms with Crippen molar-refractivity contribution in [3.05, 3.63) is 55.3 Å². The average molecular weight is 403 g/mol. The van der Waals surface area contributed by atoms with E-state index < -0.39 is 0 Å². The number of fused-ring (bicyclic) bond motifs is 3. The molecule has 0 fully saturated rings. The molecule has 7 nitrogen and oxygen atoms in total. The van der Waals surface area contributed by atoms with Crippen molar-refractivity contribution in [1.29, 1.82) is 0 Å². The zero-order valence-corrected chi connectivity index (χ0v) is 15.7. The van der Waals surface area contributed by atoms with Crippen LogP contribution < -0.4 is 15.0 Å². The van der Waals surface area contributed by atoms with Gasteiger partial charge in [0.1, 0.15) is 5.15 Å². The molecular weight excluding hydrogens is 388 g/mol. The number of hydrogen-bond donors (Lipinski definition) is 2. The van der Waals surface area contributed by atoms with Crippen LogP contribution in [0.3, 0.4) is 0 Å². The van der Waals surface area contributed by atoms with Gasteiger partial charge in [-0.2, -0.15) is 0 Å². The Bertz CT molecular complexity index is 1190. The van der Waals surface area contributed by atoms with Crippen LogP contribution in [0.1, 0.15) is 16.8 Å². The first kappa shape index (κ1) is 16.7. The molecule has 27 heavy (non-hydrogen) atoms. The Hall–Kier alpha value is -2.42. The van der Waals surface area contributed by atoms with Gasteiger partial charge in [-0.05, 0) is 24.4 Å². The number of hydrogen-bond acceptors (Lipinski definition) is 6. The molecule has 0 unspecified atom stereocenters. The van der Waals surface area contributed by atoms with Crippen LogP contribution in [0.5, 0.6) is 11.5 Å². The molecule has 2 N–H and O–H groups in total. The minimum atomic E-state index is -0.131. The summed E-state index contributed by atoms with van der Waals surface area (Å²) in [6, 6.07) is 5.78. The molecule has 0 atom stereocenters. The zero-order chi connectivity index (χ0) is 18.5. The largest absolute Gasteiger partial charge is 0.454 e. The molecule has 2 aliphatic rings. The van der Waals surface area contributed by atoms with Gasteiger partial charge < -0.3 is 14.5 Å². The normalized spacial score (nSPS) is 15.9. The van der Waals surface area contributed by atoms with Crippen molar-refractivity contribution in [2.75, 3.05) is 13.3 Å². The van der Waals surface area contributed by atoms with Gasteiger partial charge in [-0.15, -0.1) is 0 Å². The predicted octanol–water partition coefficient (Wildman–Crippen LogP) is 2.92. The van der Waals surface area contributed by atoms with E-state index in [0.717, 1.165) is 40.7 Å². The molecule has 4 heterocycles. The Kier molecular flexibility index (Phi) is 3.92. The van der Waals surface area contributed by atoms with E-state index >= 15 is 0 Å². The summed E-state index contributed by atoms with van der Waals surface area (Å²) in [5.74, 6) is 1.40. The third-order valence-electron chi connectivity index (χ3n) is 4.92. The molecule has 1 aromatic carbocycles. The average Bonchev–Trinajstić information content (AvgIpc) is 3.08. The molecule has 0 amide bonds. The highest BCUT2D eigenvalue weighted by molar-refractivity contribution is 7.71. The number of nitrogens with zero attached hydrogens (tertiary/aromatic N) is 2. The Labute approximate surface area is 163 Å². The molecule has 138 valence electrons. The summed E-state index contributed by atoms with van der Waals surface area (Å²) in [7, 11) is 0. The Morgan fingerprint density at radius 3 is 2.89 bits per heavy atom. The highest BCUT2D eigenvalue weighted by Gasteiger charge is 2.21. The maximum Gasteiger partial charge on any atom is 0.256 e. The summed E-state index contributed by atoms with van der Waals surface area (Å²) in [5, 5.41) is 1.39. The number of aromatic amines is 2. The summed E-state index contributed by atoms with van der Waals surface area (Å²) in [5.41, 5.74) is 3.18. The summed E-state index contributed by atoms with van der Waals surface area (Å²) < 4.78 is 11.2. The predicted molar refractivity (Wildman–Crippen MR) is 103 cm³/mol. The van der Waals surface area contributed by atoms with Gasteiger partial charge >= 0.3 is 0 Å². The molecule has 0 spiro atoms. The van der Waals surface area contributed by atoms with Gasteiger partial charge in [0.25, 0.3) is 5.56 Å². The molecule has 0 saturated heterocycles. The first-order chi connectivity index (χ1) is 13.1. The van der Waals surface area contributed by atoms with Crippen molar-refractivity contribution >= 4 is 34.7 Å². The van der Waals surface area contributed by atoms with E-state index in [2.05, 4.69) is 19.9 Å². The monoisotopic (exact) mass is 402 g/mol. The number of rotatable bonds is 2. The van der Waals surface area contributed by atoms with E-state index in [1.807, 2.05) is 18.2 Å². The van der Waals surface area contributed by atoms with Crippen LogP contribution in [-0.2, 0) is 19.5 Å². The lowest BCUT2D eigenvalue weighted by Gasteiger charge is -2.28. The summed E-state index contributed by atoms with van der Waals surface area (Å²) in [4.78, 5) is 24.6. The molecule has 0 saturated carbocycles. The SMILES string of the molecule is O=c1[nH]c(=S)[nH]c2c1CN(Cc1cc3cc4c(cc3nc1Cl)OCO4)CC2. The smallest absolute Gasteiger partial charge is 0.256 e. The molecule has 0 bridgehead atoms. The van der Waals surface area contributed by atoms with Crippen molar-refractivity contribution in [1.82, 2.24) is 19.9 Å². The van der Waals surface area contributed by atoms with Gasteiger partial charge in [0.2, 0.25) is 6.79 Å². The van der Waals surface area contributed by atoms with Gasteiger partial charge in [-0.1, -0.05) is 11.6 Å². The number of ether oxygens (including phenoxy) is 2. The minimum absolute atomic E-state index is 0.131. The molecule has 0 radical (unpaired) electrons. The maximum absolute atomic E-state index is 12.2. The molecule has 0 aliphatic carbocycles. The van der Waals surface area contributed by atoms with Crippen LogP contribution in [0.4, 0.5) is 0 Å². The number of halogens is 1. The Morgan fingerprint density at radius 2 is 2.04 bits per heavy atom. The van der Waals surface area contributed by atoms with E-state index in [9.17, 15) is 4.79 Å². The lowest BCUT2D eigenvalue weighted by atomic mass is 10.1. The Balaban J connectivity index is 1.46. The molecular formula is C18H15ClN4O3S. The third-order valence-corrected chi connectivity index (χ3v) is 5.45. The van der Waals surface area contributed by atoms with Crippen molar-refractivity contribution in [2.24, 2.45) is 0 Å². The molecule has 5 rings (SSSR count). The summed E-state index contributed by atoms with van der Waals surface area (Å²) >= 11 is 11.5. The fourth-order valence-electron chi connectivity index (χ4n) is 3.58. The van der Waals surface area contributed by atoms with E-state index in [-0.39, 0.29) is 12.4 Å². The lowest BCUT2D eigenvalue weighted by Crippen LogP contribution is -2.35. The van der Waals surface area contributed by atoms with Crippen molar-refractivity contribution in [3.63, 3.8) is 0 Å². The zero-order valence-electron chi connectivity index (χ0n) is 14.2. The van der Waals surface area contributed by atoms with Crippen LogP contribution in [0, 0.1) is 4.77 Å². The van der Waals surface area contributed by atoms with E-state index in [1.54, 1.807) is 0 Å². The fourth-order valence-corrected chi connectivity index (χ4v) is 4.00. The van der Waals surface area contributed by atoms with Gasteiger partial charge in [0.05, 0.1) is 11.1 Å². The van der Waals surface area contributed by atoms with Crippen molar-refractivity contribution in [2.45, 2.75) is 19.5 Å². The number of benzene rings is 1. The quantitative estimate of drug-likeness (QED) is 0.506. The third kappa shape index (κ3) is 2.99. The van der Waals surface area contributed by atoms with Crippen LogP contribution >= 0.6 is 23.8 Å². The number of nitrogens with one attached hydrogen (secondary N) is 2. The van der Waals surface area contributed by atoms with Crippen LogP contribution in [0.2, 0.25) is 5.15 Å². The lowest BCUT2D eigenvalue weighted by molar-refractivity contribution is 0.174.